The topological polar surface area (TPSA) is 32.7 Å². The first-order valence-electron chi connectivity index (χ1n) is 8.77. The average Bonchev–Trinajstić information content (AvgIpc) is 2.48. The molecule has 1 aromatic rings. The molecule has 1 N–H and O–H groups in total. The Kier molecular flexibility index (Phi) is 6.06. The van der Waals surface area contributed by atoms with Gasteiger partial charge in [0.05, 0.1) is 6.10 Å². The average molecular weight is 336 g/mol. The fourth-order valence-electron chi connectivity index (χ4n) is 2.78. The largest absolute Gasteiger partial charge is 0.416 e. The van der Waals surface area contributed by atoms with Crippen molar-refractivity contribution in [1.29, 1.82) is 0 Å². The maximum absolute atomic E-state index is 10.4. The summed E-state index contributed by atoms with van der Waals surface area (Å²) >= 11 is 0. The predicted molar refractivity (Wildman–Crippen MR) is 99.0 cm³/mol. The molecule has 3 nitrogen and oxygen atoms in total. The molecule has 0 amide bonds. The molecule has 1 heterocycles. The minimum absolute atomic E-state index is 0.219. The van der Waals surface area contributed by atoms with Crippen molar-refractivity contribution in [3.8, 4) is 0 Å². The summed E-state index contributed by atoms with van der Waals surface area (Å²) in [5.41, 5.74) is 1.34. The first-order chi connectivity index (χ1) is 10.7. The molecule has 2 rings (SSSR count). The van der Waals surface area contributed by atoms with E-state index in [2.05, 4.69) is 69.1 Å². The van der Waals surface area contributed by atoms with Crippen LogP contribution in [-0.2, 0) is 11.0 Å². The van der Waals surface area contributed by atoms with Crippen molar-refractivity contribution < 1.29 is 9.53 Å². The van der Waals surface area contributed by atoms with Crippen molar-refractivity contribution in [2.24, 2.45) is 5.92 Å². The van der Waals surface area contributed by atoms with E-state index in [0.29, 0.717) is 6.61 Å². The SMILES string of the molecule is CC(C)(C)[Si](C)(C)OCC1CN(Cc2ccccc2)CCC1O. The van der Waals surface area contributed by atoms with Gasteiger partial charge in [-0.25, -0.2) is 0 Å². The van der Waals surface area contributed by atoms with Gasteiger partial charge in [0, 0.05) is 32.2 Å². The smallest absolute Gasteiger partial charge is 0.191 e. The summed E-state index contributed by atoms with van der Waals surface area (Å²) in [5.74, 6) is 0.224. The van der Waals surface area contributed by atoms with Gasteiger partial charge in [0.25, 0.3) is 0 Å². The molecule has 1 aliphatic heterocycles. The van der Waals surface area contributed by atoms with Crippen LogP contribution in [0.1, 0.15) is 32.8 Å². The Balaban J connectivity index is 1.91. The number of hydrogen-bond donors (Lipinski definition) is 1. The Labute approximate surface area is 142 Å². The normalized spacial score (nSPS) is 23.9. The summed E-state index contributed by atoms with van der Waals surface area (Å²) in [4.78, 5) is 2.45. The van der Waals surface area contributed by atoms with Crippen molar-refractivity contribution >= 4 is 8.32 Å². The van der Waals surface area contributed by atoms with Crippen LogP contribution in [0.4, 0.5) is 0 Å². The van der Waals surface area contributed by atoms with Crippen LogP contribution >= 0.6 is 0 Å². The minimum Gasteiger partial charge on any atom is -0.416 e. The maximum atomic E-state index is 10.4. The van der Waals surface area contributed by atoms with Gasteiger partial charge < -0.3 is 9.53 Å². The molecule has 0 bridgehead atoms. The summed E-state index contributed by atoms with van der Waals surface area (Å²) in [6, 6.07) is 10.6. The van der Waals surface area contributed by atoms with Gasteiger partial charge >= 0.3 is 0 Å². The minimum atomic E-state index is -1.74. The molecule has 2 unspecified atom stereocenters. The summed E-state index contributed by atoms with van der Waals surface area (Å²) in [6.07, 6.45) is 0.616. The molecule has 23 heavy (non-hydrogen) atoms. The molecule has 1 aliphatic rings. The van der Waals surface area contributed by atoms with Crippen molar-refractivity contribution in [2.45, 2.75) is 58.0 Å². The van der Waals surface area contributed by atoms with Crippen LogP contribution in [0.3, 0.4) is 0 Å². The molecule has 0 aromatic heterocycles. The predicted octanol–water partition coefficient (Wildman–Crippen LogP) is 3.89. The van der Waals surface area contributed by atoms with E-state index in [1.807, 2.05) is 0 Å². The molecule has 4 heteroatoms. The third-order valence-electron chi connectivity index (χ3n) is 5.49. The van der Waals surface area contributed by atoms with Gasteiger partial charge in [-0.3, -0.25) is 4.90 Å². The van der Waals surface area contributed by atoms with Crippen LogP contribution in [0.25, 0.3) is 0 Å². The molecular weight excluding hydrogens is 302 g/mol. The van der Waals surface area contributed by atoms with E-state index in [9.17, 15) is 5.11 Å². The molecule has 1 saturated heterocycles. The number of hydrogen-bond acceptors (Lipinski definition) is 3. The van der Waals surface area contributed by atoms with E-state index in [1.54, 1.807) is 0 Å². The van der Waals surface area contributed by atoms with Gasteiger partial charge in [-0.2, -0.15) is 0 Å². The highest BCUT2D eigenvalue weighted by Crippen LogP contribution is 2.37. The van der Waals surface area contributed by atoms with Crippen LogP contribution in [0.15, 0.2) is 30.3 Å². The fraction of sp³-hybridized carbons (Fsp3) is 0.684. The zero-order valence-corrected chi connectivity index (χ0v) is 16.4. The Morgan fingerprint density at radius 3 is 2.48 bits per heavy atom. The third-order valence-corrected chi connectivity index (χ3v) is 9.99. The number of rotatable bonds is 5. The molecular formula is C19H33NO2Si. The van der Waals surface area contributed by atoms with Crippen molar-refractivity contribution in [3.05, 3.63) is 35.9 Å². The highest BCUT2D eigenvalue weighted by atomic mass is 28.4. The lowest BCUT2D eigenvalue weighted by Crippen LogP contribution is -2.48. The maximum Gasteiger partial charge on any atom is 0.191 e. The summed E-state index contributed by atoms with van der Waals surface area (Å²) in [6.45, 7) is 14.9. The number of benzene rings is 1. The van der Waals surface area contributed by atoms with E-state index in [4.69, 9.17) is 4.43 Å². The molecule has 130 valence electrons. The second-order valence-corrected chi connectivity index (χ2v) is 13.2. The van der Waals surface area contributed by atoms with Crippen LogP contribution in [0, 0.1) is 5.92 Å². The van der Waals surface area contributed by atoms with Gasteiger partial charge in [-0.15, -0.1) is 0 Å². The lowest BCUT2D eigenvalue weighted by atomic mass is 9.95. The number of aliphatic hydroxyl groups excluding tert-OH is 1. The van der Waals surface area contributed by atoms with Gasteiger partial charge in [-0.1, -0.05) is 51.1 Å². The van der Waals surface area contributed by atoms with Gasteiger partial charge in [0.15, 0.2) is 8.32 Å². The van der Waals surface area contributed by atoms with Gasteiger partial charge in [-0.05, 0) is 30.1 Å². The lowest BCUT2D eigenvalue weighted by Gasteiger charge is -2.40. The molecule has 1 fully saturated rings. The van der Waals surface area contributed by atoms with E-state index in [-0.39, 0.29) is 17.1 Å². The van der Waals surface area contributed by atoms with Crippen LogP contribution in [-0.4, -0.2) is 44.1 Å². The van der Waals surface area contributed by atoms with E-state index in [0.717, 1.165) is 26.1 Å². The summed E-state index contributed by atoms with van der Waals surface area (Å²) in [5, 5.41) is 10.6. The highest BCUT2D eigenvalue weighted by molar-refractivity contribution is 6.74. The second-order valence-electron chi connectivity index (χ2n) is 8.41. The molecule has 0 saturated carbocycles. The summed E-state index contributed by atoms with van der Waals surface area (Å²) in [7, 11) is -1.74. The highest BCUT2D eigenvalue weighted by Gasteiger charge is 2.38. The molecule has 0 aliphatic carbocycles. The first kappa shape index (κ1) is 18.7. The Morgan fingerprint density at radius 1 is 1.22 bits per heavy atom. The third kappa shape index (κ3) is 5.15. The molecule has 1 aromatic carbocycles. The van der Waals surface area contributed by atoms with Crippen LogP contribution in [0.2, 0.25) is 18.1 Å². The Bertz CT molecular complexity index is 484. The number of nitrogens with zero attached hydrogens (tertiary/aromatic N) is 1. The van der Waals surface area contributed by atoms with Crippen molar-refractivity contribution in [1.82, 2.24) is 4.90 Å². The monoisotopic (exact) mass is 335 g/mol. The van der Waals surface area contributed by atoms with Crippen LogP contribution in [0.5, 0.6) is 0 Å². The lowest BCUT2D eigenvalue weighted by molar-refractivity contribution is 0.000453. The van der Waals surface area contributed by atoms with Gasteiger partial charge in [0.2, 0.25) is 0 Å². The van der Waals surface area contributed by atoms with Gasteiger partial charge in [0.1, 0.15) is 0 Å². The number of aliphatic hydroxyl groups is 1. The zero-order valence-electron chi connectivity index (χ0n) is 15.4. The van der Waals surface area contributed by atoms with Crippen molar-refractivity contribution in [3.63, 3.8) is 0 Å². The molecule has 0 radical (unpaired) electrons. The molecule has 0 spiro atoms. The standard InChI is InChI=1S/C19H33NO2Si/c1-19(2,3)23(4,5)22-15-17-14-20(12-11-18(17)21)13-16-9-7-6-8-10-16/h6-10,17-18,21H,11-15H2,1-5H3. The quantitative estimate of drug-likeness (QED) is 0.829. The zero-order chi connectivity index (χ0) is 17.1. The number of likely N-dealkylation sites (tertiary alicyclic amines) is 1. The van der Waals surface area contributed by atoms with Crippen LogP contribution < -0.4 is 0 Å². The van der Waals surface area contributed by atoms with E-state index >= 15 is 0 Å². The Morgan fingerprint density at radius 2 is 1.87 bits per heavy atom. The Hall–Kier alpha value is -0.683. The first-order valence-corrected chi connectivity index (χ1v) is 11.7. The molecule has 2 atom stereocenters. The second kappa shape index (κ2) is 7.47. The van der Waals surface area contributed by atoms with E-state index < -0.39 is 8.32 Å². The van der Waals surface area contributed by atoms with Crippen molar-refractivity contribution in [2.75, 3.05) is 19.7 Å². The summed E-state index contributed by atoms with van der Waals surface area (Å²) < 4.78 is 6.35. The van der Waals surface area contributed by atoms with E-state index in [1.165, 1.54) is 5.56 Å². The number of piperidine rings is 1. The fourth-order valence-corrected chi connectivity index (χ4v) is 3.84.